The van der Waals surface area contributed by atoms with Crippen molar-refractivity contribution >= 4 is 0 Å². The molecule has 0 amide bonds. The maximum atomic E-state index is 13.4. The van der Waals surface area contributed by atoms with E-state index in [0.717, 1.165) is 42.3 Å². The molecule has 0 atom stereocenters. The monoisotopic (exact) mass is 273 g/mol. The van der Waals surface area contributed by atoms with Crippen molar-refractivity contribution in [2.45, 2.75) is 39.7 Å². The van der Waals surface area contributed by atoms with Gasteiger partial charge >= 0.3 is 0 Å². The molecule has 1 aliphatic rings. The molecule has 1 N–H and O–H groups in total. The van der Waals surface area contributed by atoms with Crippen molar-refractivity contribution in [2.75, 3.05) is 6.54 Å². The molecular formula is C16H20FN3. The topological polar surface area (TPSA) is 29.9 Å². The molecule has 4 heteroatoms. The molecule has 20 heavy (non-hydrogen) atoms. The molecule has 0 spiro atoms. The van der Waals surface area contributed by atoms with Crippen molar-refractivity contribution in [1.82, 2.24) is 14.9 Å². The molecule has 0 saturated carbocycles. The molecular weight excluding hydrogens is 253 g/mol. The average Bonchev–Trinajstić information content (AvgIpc) is 2.78. The number of halogens is 1. The summed E-state index contributed by atoms with van der Waals surface area (Å²) in [6.07, 6.45) is 0.964. The first kappa shape index (κ1) is 13.3. The van der Waals surface area contributed by atoms with Crippen LogP contribution in [0.3, 0.4) is 0 Å². The Morgan fingerprint density at radius 1 is 1.35 bits per heavy atom. The molecule has 1 aromatic heterocycles. The van der Waals surface area contributed by atoms with Gasteiger partial charge in [-0.1, -0.05) is 13.8 Å². The van der Waals surface area contributed by atoms with E-state index in [-0.39, 0.29) is 5.82 Å². The van der Waals surface area contributed by atoms with Crippen LogP contribution in [0, 0.1) is 12.7 Å². The third-order valence-corrected chi connectivity index (χ3v) is 3.83. The molecule has 0 fully saturated rings. The summed E-state index contributed by atoms with van der Waals surface area (Å²) in [7, 11) is 0. The van der Waals surface area contributed by atoms with Gasteiger partial charge in [0.05, 0.1) is 11.4 Å². The van der Waals surface area contributed by atoms with E-state index in [9.17, 15) is 4.39 Å². The van der Waals surface area contributed by atoms with E-state index in [1.54, 1.807) is 6.07 Å². The van der Waals surface area contributed by atoms with Gasteiger partial charge in [0.15, 0.2) is 0 Å². The fraction of sp³-hybridized carbons (Fsp3) is 0.438. The van der Waals surface area contributed by atoms with Crippen molar-refractivity contribution in [2.24, 2.45) is 0 Å². The highest BCUT2D eigenvalue weighted by Gasteiger charge is 2.23. The van der Waals surface area contributed by atoms with Gasteiger partial charge in [0.25, 0.3) is 0 Å². The fourth-order valence-corrected chi connectivity index (χ4v) is 2.86. The van der Waals surface area contributed by atoms with Gasteiger partial charge in [-0.15, -0.1) is 0 Å². The molecule has 1 aliphatic heterocycles. The fourth-order valence-electron chi connectivity index (χ4n) is 2.86. The molecule has 0 unspecified atom stereocenters. The highest BCUT2D eigenvalue weighted by atomic mass is 19.1. The lowest BCUT2D eigenvalue weighted by Crippen LogP contribution is -2.25. The number of aryl methyl sites for hydroxylation is 1. The van der Waals surface area contributed by atoms with Crippen LogP contribution < -0.4 is 5.32 Å². The first-order valence-corrected chi connectivity index (χ1v) is 7.15. The van der Waals surface area contributed by atoms with Crippen LogP contribution in [0.25, 0.3) is 5.69 Å². The third-order valence-electron chi connectivity index (χ3n) is 3.83. The number of aromatic nitrogens is 2. The number of nitrogens with zero attached hydrogens (tertiary/aromatic N) is 2. The molecule has 1 aromatic carbocycles. The number of imidazole rings is 1. The summed E-state index contributed by atoms with van der Waals surface area (Å²) in [6.45, 7) is 8.04. The predicted octanol–water partition coefficient (Wildman–Crippen LogP) is 3.09. The number of benzene rings is 1. The Kier molecular flexibility index (Phi) is 3.34. The maximum absolute atomic E-state index is 13.4. The van der Waals surface area contributed by atoms with Crippen LogP contribution >= 0.6 is 0 Å². The van der Waals surface area contributed by atoms with Crippen LogP contribution in [0.1, 0.15) is 42.5 Å². The number of rotatable bonds is 2. The van der Waals surface area contributed by atoms with Gasteiger partial charge in [0, 0.05) is 31.1 Å². The minimum Gasteiger partial charge on any atom is -0.311 e. The summed E-state index contributed by atoms with van der Waals surface area (Å²) in [5, 5.41) is 3.36. The van der Waals surface area contributed by atoms with Crippen molar-refractivity contribution in [3.8, 4) is 5.69 Å². The van der Waals surface area contributed by atoms with Crippen molar-refractivity contribution in [3.05, 3.63) is 46.8 Å². The Morgan fingerprint density at radius 3 is 2.85 bits per heavy atom. The second-order valence-electron chi connectivity index (χ2n) is 5.71. The van der Waals surface area contributed by atoms with E-state index in [0.29, 0.717) is 5.92 Å². The van der Waals surface area contributed by atoms with Crippen molar-refractivity contribution < 1.29 is 4.39 Å². The molecule has 0 saturated heterocycles. The lowest BCUT2D eigenvalue weighted by molar-refractivity contribution is 0.616. The van der Waals surface area contributed by atoms with Crippen LogP contribution in [0.4, 0.5) is 4.39 Å². The van der Waals surface area contributed by atoms with Gasteiger partial charge in [0.2, 0.25) is 0 Å². The molecule has 2 heterocycles. The summed E-state index contributed by atoms with van der Waals surface area (Å²) in [5.74, 6) is 1.21. The lowest BCUT2D eigenvalue weighted by atomic mass is 10.1. The Bertz CT molecular complexity index is 643. The Hall–Kier alpha value is -1.68. The van der Waals surface area contributed by atoms with Gasteiger partial charge in [-0.05, 0) is 30.7 Å². The Balaban J connectivity index is 2.23. The molecule has 3 nitrogen and oxygen atoms in total. The molecule has 2 aromatic rings. The molecule has 3 rings (SSSR count). The van der Waals surface area contributed by atoms with E-state index in [2.05, 4.69) is 23.7 Å². The van der Waals surface area contributed by atoms with Crippen LogP contribution in [-0.2, 0) is 13.0 Å². The minimum atomic E-state index is -0.187. The Labute approximate surface area is 118 Å². The SMILES string of the molecule is Cc1cc(F)ccc1-n1c(C(C)C)nc2c1CCNC2. The van der Waals surface area contributed by atoms with Crippen molar-refractivity contribution in [3.63, 3.8) is 0 Å². The average molecular weight is 273 g/mol. The normalized spacial score (nSPS) is 14.7. The molecule has 0 bridgehead atoms. The highest BCUT2D eigenvalue weighted by Crippen LogP contribution is 2.27. The second kappa shape index (κ2) is 5.02. The summed E-state index contributed by atoms with van der Waals surface area (Å²) < 4.78 is 15.6. The minimum absolute atomic E-state index is 0.187. The third kappa shape index (κ3) is 2.14. The van der Waals surface area contributed by atoms with E-state index in [1.165, 1.54) is 11.8 Å². The van der Waals surface area contributed by atoms with E-state index in [1.807, 2.05) is 13.0 Å². The standard InChI is InChI=1S/C16H20FN3/c1-10(2)16-19-13-9-18-7-6-15(13)20(16)14-5-4-12(17)8-11(14)3/h4-5,8,10,18H,6-7,9H2,1-3H3. The van der Waals surface area contributed by atoms with Crippen LogP contribution in [0.2, 0.25) is 0 Å². The van der Waals surface area contributed by atoms with Gasteiger partial charge in [-0.2, -0.15) is 0 Å². The maximum Gasteiger partial charge on any atom is 0.123 e. The Morgan fingerprint density at radius 2 is 2.15 bits per heavy atom. The molecule has 0 radical (unpaired) electrons. The summed E-state index contributed by atoms with van der Waals surface area (Å²) in [4.78, 5) is 4.80. The van der Waals surface area contributed by atoms with Gasteiger partial charge < -0.3 is 5.32 Å². The zero-order valence-electron chi connectivity index (χ0n) is 12.2. The largest absolute Gasteiger partial charge is 0.311 e. The first-order chi connectivity index (χ1) is 9.58. The summed E-state index contributed by atoms with van der Waals surface area (Å²) in [6, 6.07) is 4.98. The highest BCUT2D eigenvalue weighted by molar-refractivity contribution is 5.45. The van der Waals surface area contributed by atoms with Crippen LogP contribution in [0.5, 0.6) is 0 Å². The number of nitrogens with one attached hydrogen (secondary N) is 1. The zero-order chi connectivity index (χ0) is 14.3. The smallest absolute Gasteiger partial charge is 0.123 e. The van der Waals surface area contributed by atoms with Gasteiger partial charge in [0.1, 0.15) is 11.6 Å². The van der Waals surface area contributed by atoms with Gasteiger partial charge in [-0.3, -0.25) is 4.57 Å². The van der Waals surface area contributed by atoms with E-state index in [4.69, 9.17) is 4.98 Å². The number of hydrogen-bond donors (Lipinski definition) is 1. The summed E-state index contributed by atoms with van der Waals surface area (Å²) >= 11 is 0. The number of hydrogen-bond acceptors (Lipinski definition) is 2. The van der Waals surface area contributed by atoms with Crippen molar-refractivity contribution in [1.29, 1.82) is 0 Å². The number of fused-ring (bicyclic) bond motifs is 1. The first-order valence-electron chi connectivity index (χ1n) is 7.15. The predicted molar refractivity (Wildman–Crippen MR) is 77.8 cm³/mol. The van der Waals surface area contributed by atoms with Crippen LogP contribution in [-0.4, -0.2) is 16.1 Å². The quantitative estimate of drug-likeness (QED) is 0.911. The molecule has 0 aliphatic carbocycles. The van der Waals surface area contributed by atoms with Crippen LogP contribution in [0.15, 0.2) is 18.2 Å². The summed E-state index contributed by atoms with van der Waals surface area (Å²) in [5.41, 5.74) is 4.39. The van der Waals surface area contributed by atoms with E-state index >= 15 is 0 Å². The zero-order valence-corrected chi connectivity index (χ0v) is 12.2. The second-order valence-corrected chi connectivity index (χ2v) is 5.71. The van der Waals surface area contributed by atoms with E-state index < -0.39 is 0 Å². The molecule has 106 valence electrons. The lowest BCUT2D eigenvalue weighted by Gasteiger charge is -2.18. The van der Waals surface area contributed by atoms with Gasteiger partial charge in [-0.25, -0.2) is 9.37 Å².